The Labute approximate surface area is 344 Å². The summed E-state index contributed by atoms with van der Waals surface area (Å²) < 4.78 is 29.7. The van der Waals surface area contributed by atoms with Gasteiger partial charge in [-0.1, -0.05) is 34.6 Å². The Morgan fingerprint density at radius 3 is 1.53 bits per heavy atom. The maximum Gasteiger partial charge on any atom is 0.192 e. The van der Waals surface area contributed by atoms with E-state index in [9.17, 15) is 10.2 Å². The zero-order chi connectivity index (χ0) is 40.9. The van der Waals surface area contributed by atoms with Crippen molar-refractivity contribution in [2.75, 3.05) is 40.6 Å². The first-order valence-electron chi connectivity index (χ1n) is 22.3. The molecule has 6 aliphatic carbocycles. The second-order valence-electron chi connectivity index (χ2n) is 20.6. The zero-order valence-electron chi connectivity index (χ0n) is 36.6. The molecular formula is C48H74O8Si. The number of hydrogen-bond acceptors (Lipinski definition) is 8. The molecule has 0 amide bonds. The lowest BCUT2D eigenvalue weighted by atomic mass is 9.55. The fraction of sp³-hybridized carbons (Fsp3) is 0.750. The van der Waals surface area contributed by atoms with E-state index in [1.165, 1.54) is 80.0 Å². The van der Waals surface area contributed by atoms with E-state index in [-0.39, 0.29) is 34.0 Å². The van der Waals surface area contributed by atoms with Gasteiger partial charge in [0.05, 0.1) is 52.9 Å². The van der Waals surface area contributed by atoms with Gasteiger partial charge in [-0.25, -0.2) is 0 Å². The number of hydrogen-bond donors (Lipinski definition) is 3. The van der Waals surface area contributed by atoms with E-state index in [4.69, 9.17) is 28.5 Å². The summed E-state index contributed by atoms with van der Waals surface area (Å²) in [6.45, 7) is 18.4. The van der Waals surface area contributed by atoms with Crippen molar-refractivity contribution >= 4 is 8.32 Å². The Bertz CT molecular complexity index is 1720. The average Bonchev–Trinajstić information content (AvgIpc) is 3.70. The van der Waals surface area contributed by atoms with E-state index in [1.54, 1.807) is 14.2 Å². The highest BCUT2D eigenvalue weighted by atomic mass is 28.4. The fourth-order valence-corrected chi connectivity index (χ4v) is 13.9. The monoisotopic (exact) mass is 807 g/mol. The molecule has 6 unspecified atom stereocenters. The van der Waals surface area contributed by atoms with Gasteiger partial charge in [-0.05, 0) is 188 Å². The molecular weight excluding hydrogens is 733 g/mol. The quantitative estimate of drug-likeness (QED) is 0.161. The summed E-state index contributed by atoms with van der Waals surface area (Å²) in [5, 5.41) is 29.7. The first-order valence-corrected chi connectivity index (χ1v) is 25.2. The molecule has 0 heterocycles. The van der Waals surface area contributed by atoms with Crippen molar-refractivity contribution in [3.8, 4) is 23.0 Å². The Morgan fingerprint density at radius 1 is 0.649 bits per heavy atom. The minimum Gasteiger partial charge on any atom is -0.504 e. The molecule has 4 saturated carbocycles. The predicted molar refractivity (Wildman–Crippen MR) is 228 cm³/mol. The Balaban J connectivity index is 0.000000179. The topological polar surface area (TPSA) is 107 Å². The number of aromatic hydroxyl groups is 2. The van der Waals surface area contributed by atoms with E-state index < -0.39 is 8.32 Å². The molecule has 8 nitrogen and oxygen atoms in total. The lowest BCUT2D eigenvalue weighted by molar-refractivity contribution is -0.0710. The highest BCUT2D eigenvalue weighted by molar-refractivity contribution is 6.74. The number of aryl methyl sites for hydroxylation is 2. The van der Waals surface area contributed by atoms with Crippen molar-refractivity contribution in [3.63, 3.8) is 0 Å². The maximum absolute atomic E-state index is 10.2. The van der Waals surface area contributed by atoms with Gasteiger partial charge in [0.15, 0.2) is 31.3 Å². The molecule has 0 spiro atoms. The third-order valence-electron chi connectivity index (χ3n) is 17.0. The summed E-state index contributed by atoms with van der Waals surface area (Å²) in [4.78, 5) is 0. The molecule has 57 heavy (non-hydrogen) atoms. The summed E-state index contributed by atoms with van der Waals surface area (Å²) in [5.41, 5.74) is 5.96. The van der Waals surface area contributed by atoms with Crippen LogP contribution in [-0.2, 0) is 26.7 Å². The number of phenols is 2. The van der Waals surface area contributed by atoms with Crippen LogP contribution in [0.3, 0.4) is 0 Å². The standard InChI is InChI=1S/C27H44O4Si.C21H30O4/c1-26(2,3)32(6,7)31-15-14-30-25-11-10-22-20-9-8-18-16-23(28)24(29-5)17-21(18)19(20)12-13-27(22,25)4;1-21-8-7-14-15(17(21)5-6-20(21)25-10-9-22)4-3-13-11-18(23)19(24-2)12-16(13)14/h16-17,19-20,22,25,28H,8-15H2,1-7H3;11-12,14-15,17,20,22-23H,3-10H2,1-2H3/t19?,20?,22?,25-,27-;14?,15?,17?,20-,21-/m00/s1. The average molecular weight is 807 g/mol. The van der Waals surface area contributed by atoms with Crippen molar-refractivity contribution in [1.82, 2.24) is 0 Å². The Morgan fingerprint density at radius 2 is 1.11 bits per heavy atom. The molecule has 3 N–H and O–H groups in total. The molecule has 0 saturated heterocycles. The minimum absolute atomic E-state index is 0.111. The Kier molecular flexibility index (Phi) is 12.5. The second-order valence-corrected chi connectivity index (χ2v) is 25.4. The summed E-state index contributed by atoms with van der Waals surface area (Å²) in [5.74, 6) is 5.76. The van der Waals surface area contributed by atoms with Gasteiger partial charge in [0.25, 0.3) is 0 Å². The SMILES string of the molecule is COc1cc2c(cc1O)CCC1C2CC[C@@]2(C)C1CC[C@@H]2OCCO.COc1cc2c(cc1O)CCC1C2CC[C@@]2(C)C1CC[C@@H]2OCCO[Si](C)(C)C(C)(C)C. The fourth-order valence-electron chi connectivity index (χ4n) is 12.9. The van der Waals surface area contributed by atoms with Crippen LogP contribution < -0.4 is 9.47 Å². The molecule has 0 aliphatic heterocycles. The van der Waals surface area contributed by atoms with Gasteiger partial charge in [0.2, 0.25) is 0 Å². The number of phenolic OH excluding ortho intramolecular Hbond substituents is 2. The van der Waals surface area contributed by atoms with Crippen LogP contribution >= 0.6 is 0 Å². The first kappa shape index (κ1) is 42.8. The zero-order valence-corrected chi connectivity index (χ0v) is 37.6. The Hall–Kier alpha value is -2.30. The van der Waals surface area contributed by atoms with Gasteiger partial charge < -0.3 is 38.7 Å². The van der Waals surface area contributed by atoms with E-state index in [1.807, 2.05) is 12.1 Å². The maximum atomic E-state index is 10.2. The van der Waals surface area contributed by atoms with Crippen molar-refractivity contribution < 1.29 is 38.7 Å². The molecule has 2 aromatic rings. The normalized spacial score (nSPS) is 34.1. The van der Waals surface area contributed by atoms with Crippen molar-refractivity contribution in [1.29, 1.82) is 0 Å². The highest BCUT2D eigenvalue weighted by Gasteiger charge is 2.57. The third kappa shape index (κ3) is 7.91. The molecule has 10 atom stereocenters. The minimum atomic E-state index is -1.71. The van der Waals surface area contributed by atoms with Gasteiger partial charge in [0, 0.05) is 0 Å². The lowest BCUT2D eigenvalue weighted by Gasteiger charge is -2.50. The van der Waals surface area contributed by atoms with Crippen LogP contribution in [0.4, 0.5) is 0 Å². The number of rotatable bonds is 10. The molecule has 8 rings (SSSR count). The number of aliphatic hydroxyl groups excluding tert-OH is 1. The van der Waals surface area contributed by atoms with Gasteiger partial charge >= 0.3 is 0 Å². The molecule has 0 aromatic heterocycles. The van der Waals surface area contributed by atoms with Crippen LogP contribution in [0.2, 0.25) is 18.1 Å². The highest BCUT2D eigenvalue weighted by Crippen LogP contribution is 2.63. The van der Waals surface area contributed by atoms with Gasteiger partial charge in [-0.2, -0.15) is 0 Å². The lowest BCUT2D eigenvalue weighted by Crippen LogP contribution is -2.45. The molecule has 4 fully saturated rings. The van der Waals surface area contributed by atoms with Crippen molar-refractivity contribution in [2.45, 2.75) is 154 Å². The number of benzene rings is 2. The first-order chi connectivity index (χ1) is 27.1. The van der Waals surface area contributed by atoms with Crippen molar-refractivity contribution in [2.24, 2.45) is 34.5 Å². The molecule has 0 radical (unpaired) electrons. The second kappa shape index (κ2) is 16.6. The van der Waals surface area contributed by atoms with Crippen LogP contribution in [0.15, 0.2) is 24.3 Å². The van der Waals surface area contributed by atoms with Crippen LogP contribution in [0.1, 0.15) is 133 Å². The predicted octanol–water partition coefficient (Wildman–Crippen LogP) is 10.3. The molecule has 6 aliphatic rings. The summed E-state index contributed by atoms with van der Waals surface area (Å²) in [6, 6.07) is 8.06. The third-order valence-corrected chi connectivity index (χ3v) is 21.5. The van der Waals surface area contributed by atoms with Crippen LogP contribution in [0.25, 0.3) is 0 Å². The van der Waals surface area contributed by atoms with Crippen LogP contribution in [0.5, 0.6) is 23.0 Å². The van der Waals surface area contributed by atoms with Gasteiger partial charge in [-0.3, -0.25) is 0 Å². The van der Waals surface area contributed by atoms with Crippen LogP contribution in [-0.4, -0.2) is 76.5 Å². The van der Waals surface area contributed by atoms with Gasteiger partial charge in [-0.15, -0.1) is 0 Å². The smallest absolute Gasteiger partial charge is 0.192 e. The molecule has 0 bridgehead atoms. The molecule has 9 heteroatoms. The van der Waals surface area contributed by atoms with Crippen LogP contribution in [0, 0.1) is 34.5 Å². The largest absolute Gasteiger partial charge is 0.504 e. The molecule has 318 valence electrons. The van der Waals surface area contributed by atoms with E-state index in [0.717, 1.165) is 31.8 Å². The summed E-state index contributed by atoms with van der Waals surface area (Å²) in [6.07, 6.45) is 14.8. The molecule has 2 aromatic carbocycles. The van der Waals surface area contributed by atoms with E-state index >= 15 is 0 Å². The van der Waals surface area contributed by atoms with Gasteiger partial charge in [0.1, 0.15) is 0 Å². The summed E-state index contributed by atoms with van der Waals surface area (Å²) >= 11 is 0. The summed E-state index contributed by atoms with van der Waals surface area (Å²) in [7, 11) is 1.56. The number of aliphatic hydroxyl groups is 1. The number of ether oxygens (including phenoxy) is 4. The number of fused-ring (bicyclic) bond motifs is 10. The van der Waals surface area contributed by atoms with E-state index in [0.29, 0.717) is 66.5 Å². The van der Waals surface area contributed by atoms with Crippen molar-refractivity contribution in [3.05, 3.63) is 46.5 Å². The van der Waals surface area contributed by atoms with E-state index in [2.05, 4.69) is 59.8 Å². The number of methoxy groups -OCH3 is 2.